The smallest absolute Gasteiger partial charge is 0.258 e. The van der Waals surface area contributed by atoms with Crippen molar-refractivity contribution in [1.29, 1.82) is 0 Å². The van der Waals surface area contributed by atoms with Gasteiger partial charge < -0.3 is 9.42 Å². The maximum absolute atomic E-state index is 13.2. The van der Waals surface area contributed by atoms with Crippen LogP contribution in [0.1, 0.15) is 35.1 Å². The van der Waals surface area contributed by atoms with E-state index < -0.39 is 0 Å². The monoisotopic (exact) mass is 360 g/mol. The molecule has 5 rings (SSSR count). The molecule has 0 bridgehead atoms. The lowest BCUT2D eigenvalue weighted by molar-refractivity contribution is 0.0712. The average molecular weight is 360 g/mol. The number of rotatable bonds is 3. The lowest BCUT2D eigenvalue weighted by Gasteiger charge is -2.21. The van der Waals surface area contributed by atoms with Gasteiger partial charge in [-0.25, -0.2) is 4.52 Å². The maximum atomic E-state index is 13.2. The highest BCUT2D eigenvalue weighted by atomic mass is 16.5. The van der Waals surface area contributed by atoms with Crippen LogP contribution in [-0.4, -0.2) is 42.1 Å². The van der Waals surface area contributed by atoms with Crippen molar-refractivity contribution >= 4 is 11.4 Å². The van der Waals surface area contributed by atoms with Crippen LogP contribution in [0, 0.1) is 0 Å². The minimum atomic E-state index is -0.235. The van der Waals surface area contributed by atoms with Crippen LogP contribution in [0.5, 0.6) is 0 Å². The predicted octanol–water partition coefficient (Wildman–Crippen LogP) is 2.76. The largest absolute Gasteiger partial charge is 0.337 e. The van der Waals surface area contributed by atoms with Gasteiger partial charge in [0, 0.05) is 18.9 Å². The molecule has 4 aromatic heterocycles. The van der Waals surface area contributed by atoms with E-state index >= 15 is 0 Å². The summed E-state index contributed by atoms with van der Waals surface area (Å²) in [6.07, 6.45) is 6.79. The Bertz CT molecular complexity index is 1100. The quantitative estimate of drug-likeness (QED) is 0.558. The van der Waals surface area contributed by atoms with Gasteiger partial charge in [0.1, 0.15) is 11.7 Å². The molecule has 0 spiro atoms. The number of carbonyl (C=O) groups excluding carboxylic acids is 1. The van der Waals surface area contributed by atoms with Crippen LogP contribution in [0.4, 0.5) is 0 Å². The third-order valence-corrected chi connectivity index (χ3v) is 4.79. The summed E-state index contributed by atoms with van der Waals surface area (Å²) in [5, 5.41) is 8.30. The zero-order valence-corrected chi connectivity index (χ0v) is 14.4. The molecule has 1 aliphatic heterocycles. The van der Waals surface area contributed by atoms with E-state index in [9.17, 15) is 4.79 Å². The van der Waals surface area contributed by atoms with Crippen molar-refractivity contribution in [3.63, 3.8) is 0 Å². The van der Waals surface area contributed by atoms with Crippen molar-refractivity contribution in [3.8, 4) is 11.5 Å². The summed E-state index contributed by atoms with van der Waals surface area (Å²) in [4.78, 5) is 23.7. The van der Waals surface area contributed by atoms with Crippen LogP contribution in [0.2, 0.25) is 0 Å². The predicted molar refractivity (Wildman–Crippen MR) is 95.7 cm³/mol. The summed E-state index contributed by atoms with van der Waals surface area (Å²) in [5.74, 6) is 0.801. The Balaban J connectivity index is 1.45. The molecule has 8 heteroatoms. The molecule has 134 valence electrons. The van der Waals surface area contributed by atoms with Crippen LogP contribution < -0.4 is 0 Å². The van der Waals surface area contributed by atoms with Crippen LogP contribution in [0.3, 0.4) is 0 Å². The van der Waals surface area contributed by atoms with Crippen LogP contribution in [0.25, 0.3) is 17.0 Å². The molecule has 0 unspecified atom stereocenters. The Kier molecular flexibility index (Phi) is 3.67. The average Bonchev–Trinajstić information content (AvgIpc) is 3.46. The number of pyridine rings is 2. The third-order valence-electron chi connectivity index (χ3n) is 4.79. The standard InChI is InChI=1S/C19H16N6O2/c26-19(13-12-21-25-11-4-2-7-15(13)25)24-10-5-8-16(24)18-22-17(23-27-18)14-6-1-3-9-20-14/h1-4,6-7,9,11-12,16H,5,8,10H2/t16-/m1/s1. The van der Waals surface area contributed by atoms with Gasteiger partial charge in [-0.15, -0.1) is 0 Å². The summed E-state index contributed by atoms with van der Waals surface area (Å²) < 4.78 is 7.17. The number of nitrogens with zero attached hydrogens (tertiary/aromatic N) is 6. The summed E-state index contributed by atoms with van der Waals surface area (Å²) in [7, 11) is 0. The zero-order valence-electron chi connectivity index (χ0n) is 14.4. The van der Waals surface area contributed by atoms with Gasteiger partial charge in [-0.3, -0.25) is 9.78 Å². The molecule has 1 aliphatic rings. The second-order valence-corrected chi connectivity index (χ2v) is 6.42. The first-order valence-corrected chi connectivity index (χ1v) is 8.79. The zero-order chi connectivity index (χ0) is 18.2. The first-order chi connectivity index (χ1) is 13.3. The lowest BCUT2D eigenvalue weighted by atomic mass is 10.2. The molecule has 0 aliphatic carbocycles. The van der Waals surface area contributed by atoms with E-state index in [2.05, 4.69) is 20.2 Å². The van der Waals surface area contributed by atoms with Gasteiger partial charge in [0.15, 0.2) is 0 Å². The first-order valence-electron chi connectivity index (χ1n) is 8.79. The molecule has 1 atom stereocenters. The molecule has 0 N–H and O–H groups in total. The van der Waals surface area contributed by atoms with Gasteiger partial charge in [-0.05, 0) is 37.1 Å². The van der Waals surface area contributed by atoms with E-state index in [1.807, 2.05) is 42.6 Å². The minimum Gasteiger partial charge on any atom is -0.337 e. The lowest BCUT2D eigenvalue weighted by Crippen LogP contribution is -2.30. The summed E-state index contributed by atoms with van der Waals surface area (Å²) in [6.45, 7) is 0.648. The molecule has 0 saturated carbocycles. The van der Waals surface area contributed by atoms with Gasteiger partial charge in [0.25, 0.3) is 5.91 Å². The van der Waals surface area contributed by atoms with Crippen molar-refractivity contribution in [2.75, 3.05) is 6.54 Å². The highest BCUT2D eigenvalue weighted by Gasteiger charge is 2.35. The third kappa shape index (κ3) is 2.66. The fourth-order valence-electron chi connectivity index (χ4n) is 3.49. The summed E-state index contributed by atoms with van der Waals surface area (Å²) >= 11 is 0. The molecule has 1 saturated heterocycles. The van der Waals surface area contributed by atoms with Crippen LogP contribution >= 0.6 is 0 Å². The number of fused-ring (bicyclic) bond motifs is 1. The minimum absolute atomic E-state index is 0.0729. The number of carbonyl (C=O) groups is 1. The summed E-state index contributed by atoms with van der Waals surface area (Å²) in [6, 6.07) is 11.0. The van der Waals surface area contributed by atoms with E-state index in [-0.39, 0.29) is 11.9 Å². The molecule has 5 heterocycles. The van der Waals surface area contributed by atoms with E-state index in [1.54, 1.807) is 21.8 Å². The molecule has 1 amide bonds. The van der Waals surface area contributed by atoms with Crippen LogP contribution in [0.15, 0.2) is 59.5 Å². The second-order valence-electron chi connectivity index (χ2n) is 6.42. The molecule has 8 nitrogen and oxygen atoms in total. The van der Waals surface area contributed by atoms with Crippen molar-refractivity contribution in [3.05, 3.63) is 66.4 Å². The Morgan fingerprint density at radius 3 is 3.00 bits per heavy atom. The second kappa shape index (κ2) is 6.31. The fourth-order valence-corrected chi connectivity index (χ4v) is 3.49. The Morgan fingerprint density at radius 1 is 1.19 bits per heavy atom. The maximum Gasteiger partial charge on any atom is 0.258 e. The number of aromatic nitrogens is 5. The SMILES string of the molecule is O=C(c1cnn2ccccc12)N1CCC[C@@H]1c1nc(-c2ccccn2)no1. The fraction of sp³-hybridized carbons (Fsp3) is 0.211. The molecule has 4 aromatic rings. The Hall–Kier alpha value is -3.55. The molecular weight excluding hydrogens is 344 g/mol. The van der Waals surface area contributed by atoms with Crippen molar-refractivity contribution in [1.82, 2.24) is 29.6 Å². The van der Waals surface area contributed by atoms with Crippen LogP contribution in [-0.2, 0) is 0 Å². The van der Waals surface area contributed by atoms with Crippen molar-refractivity contribution in [2.45, 2.75) is 18.9 Å². The first kappa shape index (κ1) is 15.7. The highest BCUT2D eigenvalue weighted by molar-refractivity contribution is 6.00. The summed E-state index contributed by atoms with van der Waals surface area (Å²) in [5.41, 5.74) is 2.01. The van der Waals surface area contributed by atoms with E-state index in [1.165, 1.54) is 0 Å². The number of hydrogen-bond donors (Lipinski definition) is 0. The molecule has 27 heavy (non-hydrogen) atoms. The van der Waals surface area contributed by atoms with E-state index in [0.29, 0.717) is 29.5 Å². The van der Waals surface area contributed by atoms with Gasteiger partial charge in [-0.2, -0.15) is 10.1 Å². The van der Waals surface area contributed by atoms with E-state index in [4.69, 9.17) is 4.52 Å². The normalized spacial score (nSPS) is 16.9. The van der Waals surface area contributed by atoms with Gasteiger partial charge in [0.05, 0.1) is 17.3 Å². The Labute approximate surface area is 154 Å². The molecule has 0 aromatic carbocycles. The number of hydrogen-bond acceptors (Lipinski definition) is 6. The topological polar surface area (TPSA) is 89.4 Å². The van der Waals surface area contributed by atoms with Crippen molar-refractivity contribution in [2.24, 2.45) is 0 Å². The number of likely N-dealkylation sites (tertiary alicyclic amines) is 1. The van der Waals surface area contributed by atoms with Gasteiger partial charge in [-0.1, -0.05) is 17.3 Å². The Morgan fingerprint density at radius 2 is 2.11 bits per heavy atom. The van der Waals surface area contributed by atoms with E-state index in [0.717, 1.165) is 18.4 Å². The van der Waals surface area contributed by atoms with Crippen molar-refractivity contribution < 1.29 is 9.32 Å². The molecule has 1 fully saturated rings. The van der Waals surface area contributed by atoms with Gasteiger partial charge >= 0.3 is 0 Å². The van der Waals surface area contributed by atoms with Gasteiger partial charge in [0.2, 0.25) is 11.7 Å². The highest BCUT2D eigenvalue weighted by Crippen LogP contribution is 2.33. The molecule has 0 radical (unpaired) electrons. The number of amides is 1. The molecular formula is C19H16N6O2.